The van der Waals surface area contributed by atoms with Gasteiger partial charge in [0, 0.05) is 18.2 Å². The van der Waals surface area contributed by atoms with E-state index in [-0.39, 0.29) is 17.5 Å². The summed E-state index contributed by atoms with van der Waals surface area (Å²) in [5, 5.41) is 21.5. The van der Waals surface area contributed by atoms with Gasteiger partial charge in [-0.3, -0.25) is 4.90 Å². The number of halogens is 2. The summed E-state index contributed by atoms with van der Waals surface area (Å²) in [6.07, 6.45) is 1.48. The predicted octanol–water partition coefficient (Wildman–Crippen LogP) is 4.28. The highest BCUT2D eigenvalue weighted by Gasteiger charge is 2.39. The molecule has 2 N–H and O–H groups in total. The Balaban J connectivity index is 2.15. The number of benzene rings is 2. The smallest absolute Gasteiger partial charge is 0.177 e. The molecule has 0 amide bonds. The highest BCUT2D eigenvalue weighted by atomic mass is 79.9. The zero-order valence-corrected chi connectivity index (χ0v) is 17.0. The van der Waals surface area contributed by atoms with Crippen LogP contribution in [0.4, 0.5) is 0 Å². The van der Waals surface area contributed by atoms with Crippen LogP contribution in [0, 0.1) is 0 Å². The molecule has 7 heteroatoms. The molecular formula is C19H19BrClNO4. The lowest BCUT2D eigenvalue weighted by Gasteiger charge is -2.41. The van der Waals surface area contributed by atoms with Gasteiger partial charge >= 0.3 is 0 Å². The molecule has 0 bridgehead atoms. The molecule has 1 atom stereocenters. The Kier molecular flexibility index (Phi) is 4.25. The maximum Gasteiger partial charge on any atom is 0.177 e. The van der Waals surface area contributed by atoms with Crippen LogP contribution in [0.25, 0.3) is 11.1 Å². The van der Waals surface area contributed by atoms with Crippen LogP contribution in [0.15, 0.2) is 10.5 Å². The molecule has 5 nitrogen and oxygen atoms in total. The summed E-state index contributed by atoms with van der Waals surface area (Å²) < 4.78 is 11.5. The van der Waals surface area contributed by atoms with E-state index in [0.717, 1.165) is 40.8 Å². The second-order valence-corrected chi connectivity index (χ2v) is 7.85. The summed E-state index contributed by atoms with van der Waals surface area (Å²) in [7, 11) is 5.11. The van der Waals surface area contributed by atoms with Gasteiger partial charge in [-0.25, -0.2) is 0 Å². The Morgan fingerprint density at radius 1 is 1.19 bits per heavy atom. The average molecular weight is 441 g/mol. The van der Waals surface area contributed by atoms with Gasteiger partial charge < -0.3 is 19.7 Å². The molecule has 0 aromatic heterocycles. The van der Waals surface area contributed by atoms with Crippen molar-refractivity contribution >= 4 is 27.5 Å². The second kappa shape index (κ2) is 6.22. The third kappa shape index (κ3) is 2.25. The first-order chi connectivity index (χ1) is 12.4. The molecule has 0 spiro atoms. The van der Waals surface area contributed by atoms with E-state index in [2.05, 4.69) is 27.9 Å². The molecule has 2 aromatic carbocycles. The van der Waals surface area contributed by atoms with Gasteiger partial charge in [0.2, 0.25) is 0 Å². The van der Waals surface area contributed by atoms with Crippen LogP contribution in [0.2, 0.25) is 5.02 Å². The summed E-state index contributed by atoms with van der Waals surface area (Å²) in [4.78, 5) is 2.27. The first-order valence-corrected chi connectivity index (χ1v) is 9.47. The minimum absolute atomic E-state index is 0.0396. The Morgan fingerprint density at radius 3 is 2.58 bits per heavy atom. The monoisotopic (exact) mass is 439 g/mol. The molecule has 1 aliphatic heterocycles. The lowest BCUT2D eigenvalue weighted by atomic mass is 9.76. The zero-order chi connectivity index (χ0) is 18.7. The van der Waals surface area contributed by atoms with Gasteiger partial charge in [-0.15, -0.1) is 0 Å². The number of methoxy groups -OCH3 is 2. The first kappa shape index (κ1) is 17.8. The maximum absolute atomic E-state index is 10.7. The number of hydrogen-bond acceptors (Lipinski definition) is 5. The summed E-state index contributed by atoms with van der Waals surface area (Å²) >= 11 is 10.0. The van der Waals surface area contributed by atoms with E-state index in [1.54, 1.807) is 6.07 Å². The number of aromatic hydroxyl groups is 2. The molecule has 0 fully saturated rings. The Labute approximate surface area is 165 Å². The van der Waals surface area contributed by atoms with E-state index in [9.17, 15) is 10.2 Å². The summed E-state index contributed by atoms with van der Waals surface area (Å²) in [5.41, 5.74) is 4.71. The van der Waals surface area contributed by atoms with Crippen molar-refractivity contribution in [3.8, 4) is 34.1 Å². The lowest BCUT2D eigenvalue weighted by Crippen LogP contribution is -2.36. The van der Waals surface area contributed by atoms with Gasteiger partial charge in [0.05, 0.1) is 23.7 Å². The fourth-order valence-electron chi connectivity index (χ4n) is 4.18. The molecule has 2 aromatic rings. The molecule has 1 aliphatic carbocycles. The van der Waals surface area contributed by atoms with Gasteiger partial charge in [-0.05, 0) is 64.1 Å². The SMILES string of the molecule is COc1cc2c(c(Br)c1O)CC1c3c(c(Cl)c(O)c(OC)c3-2)CCN1C. The molecule has 26 heavy (non-hydrogen) atoms. The third-order valence-electron chi connectivity index (χ3n) is 5.49. The highest BCUT2D eigenvalue weighted by molar-refractivity contribution is 9.10. The zero-order valence-electron chi connectivity index (χ0n) is 14.7. The van der Waals surface area contributed by atoms with Crippen molar-refractivity contribution in [3.63, 3.8) is 0 Å². The minimum atomic E-state index is -0.0396. The standard InChI is InChI=1S/C19H19BrClNO4/c1-22-5-4-8-13-11(22)6-10-9(7-12(25-2)17(23)15(10)20)14(13)19(26-3)18(24)16(8)21/h7,11,23-24H,4-6H2,1-3H3. The van der Waals surface area contributed by atoms with Crippen molar-refractivity contribution in [2.24, 2.45) is 0 Å². The van der Waals surface area contributed by atoms with E-state index in [1.165, 1.54) is 14.2 Å². The number of fused-ring (bicyclic) bond motifs is 2. The quantitative estimate of drug-likeness (QED) is 0.730. The first-order valence-electron chi connectivity index (χ1n) is 8.30. The lowest BCUT2D eigenvalue weighted by molar-refractivity contribution is 0.226. The molecule has 0 radical (unpaired) electrons. The number of hydrogen-bond donors (Lipinski definition) is 2. The number of rotatable bonds is 2. The van der Waals surface area contributed by atoms with E-state index in [0.29, 0.717) is 27.4 Å². The summed E-state index contributed by atoms with van der Waals surface area (Å²) in [6.45, 7) is 0.845. The maximum atomic E-state index is 10.7. The number of phenols is 2. The van der Waals surface area contributed by atoms with Gasteiger partial charge in [0.15, 0.2) is 23.0 Å². The largest absolute Gasteiger partial charge is 0.503 e. The van der Waals surface area contributed by atoms with Crippen LogP contribution in [-0.4, -0.2) is 42.9 Å². The third-order valence-corrected chi connectivity index (χ3v) is 6.75. The van der Waals surface area contributed by atoms with Gasteiger partial charge in [-0.2, -0.15) is 0 Å². The van der Waals surface area contributed by atoms with Crippen molar-refractivity contribution in [3.05, 3.63) is 32.3 Å². The Hall–Kier alpha value is -1.63. The molecule has 138 valence electrons. The van der Waals surface area contributed by atoms with Gasteiger partial charge in [-0.1, -0.05) is 11.6 Å². The van der Waals surface area contributed by atoms with Crippen LogP contribution in [0.5, 0.6) is 23.0 Å². The van der Waals surface area contributed by atoms with Crippen LogP contribution >= 0.6 is 27.5 Å². The van der Waals surface area contributed by atoms with E-state index < -0.39 is 0 Å². The van der Waals surface area contributed by atoms with Crippen molar-refractivity contribution < 1.29 is 19.7 Å². The van der Waals surface area contributed by atoms with Crippen molar-refractivity contribution in [1.29, 1.82) is 0 Å². The summed E-state index contributed by atoms with van der Waals surface area (Å²) in [5.74, 6) is 0.755. The average Bonchev–Trinajstić information content (AvgIpc) is 2.64. The minimum Gasteiger partial charge on any atom is -0.503 e. The predicted molar refractivity (Wildman–Crippen MR) is 104 cm³/mol. The van der Waals surface area contributed by atoms with E-state index in [1.807, 2.05) is 0 Å². The molecule has 1 unspecified atom stereocenters. The molecule has 0 saturated heterocycles. The topological polar surface area (TPSA) is 62.2 Å². The van der Waals surface area contributed by atoms with E-state index >= 15 is 0 Å². The Bertz CT molecular complexity index is 931. The van der Waals surface area contributed by atoms with E-state index in [4.69, 9.17) is 21.1 Å². The van der Waals surface area contributed by atoms with Crippen LogP contribution in [-0.2, 0) is 12.8 Å². The molecule has 1 heterocycles. The molecular weight excluding hydrogens is 422 g/mol. The number of nitrogens with zero attached hydrogens (tertiary/aromatic N) is 1. The highest BCUT2D eigenvalue weighted by Crippen LogP contribution is 2.57. The van der Waals surface area contributed by atoms with Crippen LogP contribution < -0.4 is 9.47 Å². The van der Waals surface area contributed by atoms with Crippen molar-refractivity contribution in [2.45, 2.75) is 18.9 Å². The van der Waals surface area contributed by atoms with Crippen molar-refractivity contribution in [1.82, 2.24) is 4.90 Å². The Morgan fingerprint density at radius 2 is 1.92 bits per heavy atom. The normalized spacial score (nSPS) is 18.3. The fourth-order valence-corrected chi connectivity index (χ4v) is 5.03. The van der Waals surface area contributed by atoms with Crippen LogP contribution in [0.1, 0.15) is 22.7 Å². The van der Waals surface area contributed by atoms with Crippen molar-refractivity contribution in [2.75, 3.05) is 27.8 Å². The number of likely N-dealkylation sites (N-methyl/N-ethyl adjacent to an activating group) is 1. The van der Waals surface area contributed by atoms with Crippen LogP contribution in [0.3, 0.4) is 0 Å². The fraction of sp³-hybridized carbons (Fsp3) is 0.368. The second-order valence-electron chi connectivity index (χ2n) is 6.68. The summed E-state index contributed by atoms with van der Waals surface area (Å²) in [6, 6.07) is 1.89. The molecule has 4 rings (SSSR count). The van der Waals surface area contributed by atoms with Gasteiger partial charge in [0.25, 0.3) is 0 Å². The molecule has 0 saturated carbocycles. The molecule has 2 aliphatic rings. The number of phenolic OH excluding ortho intramolecular Hbond substituents is 2. The van der Waals surface area contributed by atoms with Gasteiger partial charge in [0.1, 0.15) is 0 Å². The number of ether oxygens (including phenoxy) is 2.